The summed E-state index contributed by atoms with van der Waals surface area (Å²) in [6.07, 6.45) is 0.365. The van der Waals surface area contributed by atoms with Crippen molar-refractivity contribution >= 4 is 21.7 Å². The number of nitrogens with one attached hydrogen (secondary N) is 2. The van der Waals surface area contributed by atoms with Gasteiger partial charge in [-0.2, -0.15) is 0 Å². The van der Waals surface area contributed by atoms with Crippen LogP contribution in [-0.4, -0.2) is 80.6 Å². The number of hydrogen-bond acceptors (Lipinski definition) is 6. The van der Waals surface area contributed by atoms with Crippen molar-refractivity contribution in [2.24, 2.45) is 5.41 Å². The molecule has 0 saturated carbocycles. The lowest BCUT2D eigenvalue weighted by molar-refractivity contribution is -0.132. The molecule has 0 fully saturated rings. The van der Waals surface area contributed by atoms with E-state index >= 15 is 0 Å². The molecule has 0 aliphatic heterocycles. The van der Waals surface area contributed by atoms with Crippen molar-refractivity contribution in [2.45, 2.75) is 64.0 Å². The van der Waals surface area contributed by atoms with Gasteiger partial charge in [0.1, 0.15) is 15.9 Å². The van der Waals surface area contributed by atoms with E-state index in [4.69, 9.17) is 0 Å². The molecule has 0 aromatic heterocycles. The molecule has 1 aromatic carbocycles. The number of sulfone groups is 1. The first kappa shape index (κ1) is 28.1. The predicted octanol–water partition coefficient (Wildman–Crippen LogP) is 0.991. The first-order valence-electron chi connectivity index (χ1n) is 10.8. The molecule has 1 aromatic rings. The zero-order valence-corrected chi connectivity index (χ0v) is 21.1. The van der Waals surface area contributed by atoms with Gasteiger partial charge in [-0.25, -0.2) is 8.42 Å². The lowest BCUT2D eigenvalue weighted by Gasteiger charge is -2.33. The molecule has 0 bridgehead atoms. The van der Waals surface area contributed by atoms with Crippen molar-refractivity contribution in [1.82, 2.24) is 15.5 Å². The number of rotatable bonds is 11. The van der Waals surface area contributed by atoms with Gasteiger partial charge >= 0.3 is 0 Å². The van der Waals surface area contributed by atoms with Gasteiger partial charge in [-0.3, -0.25) is 9.59 Å². The Balaban J connectivity index is 3.10. The van der Waals surface area contributed by atoms with Gasteiger partial charge in [-0.05, 0) is 44.8 Å². The lowest BCUT2D eigenvalue weighted by Crippen LogP contribution is -2.58. The molecule has 2 amide bonds. The number of carbonyl (C=O) groups is 2. The third kappa shape index (κ3) is 9.67. The molecule has 8 nitrogen and oxygen atoms in total. The maximum absolute atomic E-state index is 13.2. The van der Waals surface area contributed by atoms with Crippen LogP contribution in [0.5, 0.6) is 0 Å². The third-order valence-corrected chi connectivity index (χ3v) is 6.94. The van der Waals surface area contributed by atoms with Gasteiger partial charge in [-0.1, -0.05) is 51.1 Å². The van der Waals surface area contributed by atoms with Crippen LogP contribution in [0.3, 0.4) is 0 Å². The maximum Gasteiger partial charge on any atom is 0.243 e. The van der Waals surface area contributed by atoms with Crippen molar-refractivity contribution in [3.8, 4) is 0 Å². The minimum absolute atomic E-state index is 0.0101. The molecule has 0 saturated heterocycles. The Labute approximate surface area is 192 Å². The number of aliphatic hydroxyl groups excluding tert-OH is 1. The van der Waals surface area contributed by atoms with Crippen molar-refractivity contribution in [3.63, 3.8) is 0 Å². The highest BCUT2D eigenvalue weighted by Crippen LogP contribution is 2.21. The number of hydrogen-bond donors (Lipinski definition) is 3. The van der Waals surface area contributed by atoms with E-state index in [0.29, 0.717) is 6.42 Å². The number of carbonyl (C=O) groups excluding carboxylic acids is 2. The Morgan fingerprint density at radius 1 is 1.09 bits per heavy atom. The molecule has 1 rings (SSSR count). The first-order valence-corrected chi connectivity index (χ1v) is 12.7. The van der Waals surface area contributed by atoms with Gasteiger partial charge in [0.2, 0.25) is 11.8 Å². The summed E-state index contributed by atoms with van der Waals surface area (Å²) in [6, 6.07) is 7.81. The SMILES string of the molecule is CC(CC(O)C(Cc1ccccc1)NC(=O)C(NC(=O)CN(C)C)C(C)(C)C)S(C)(=O)=O. The summed E-state index contributed by atoms with van der Waals surface area (Å²) < 4.78 is 23.7. The summed E-state index contributed by atoms with van der Waals surface area (Å²) in [6.45, 7) is 7.23. The van der Waals surface area contributed by atoms with E-state index in [1.807, 2.05) is 51.1 Å². The van der Waals surface area contributed by atoms with Crippen LogP contribution < -0.4 is 10.6 Å². The average Bonchev–Trinajstić information content (AvgIpc) is 2.64. The van der Waals surface area contributed by atoms with E-state index in [-0.39, 0.29) is 18.9 Å². The van der Waals surface area contributed by atoms with Crippen LogP contribution in [0, 0.1) is 5.41 Å². The zero-order valence-electron chi connectivity index (χ0n) is 20.3. The van der Waals surface area contributed by atoms with E-state index < -0.39 is 44.6 Å². The van der Waals surface area contributed by atoms with Crippen molar-refractivity contribution in [1.29, 1.82) is 0 Å². The fourth-order valence-corrected chi connectivity index (χ4v) is 3.81. The largest absolute Gasteiger partial charge is 0.391 e. The molecule has 3 N–H and O–H groups in total. The Bertz CT molecular complexity index is 850. The smallest absolute Gasteiger partial charge is 0.243 e. The lowest BCUT2D eigenvalue weighted by atomic mass is 9.85. The average molecular weight is 470 g/mol. The summed E-state index contributed by atoms with van der Waals surface area (Å²) in [4.78, 5) is 27.3. The van der Waals surface area contributed by atoms with Crippen LogP contribution in [-0.2, 0) is 25.8 Å². The van der Waals surface area contributed by atoms with Crippen molar-refractivity contribution in [2.75, 3.05) is 26.9 Å². The van der Waals surface area contributed by atoms with E-state index in [9.17, 15) is 23.1 Å². The van der Waals surface area contributed by atoms with Crippen LogP contribution in [0.2, 0.25) is 0 Å². The van der Waals surface area contributed by atoms with Crippen LogP contribution >= 0.6 is 0 Å². The van der Waals surface area contributed by atoms with Gasteiger partial charge in [0.15, 0.2) is 0 Å². The zero-order chi connectivity index (χ0) is 24.7. The minimum atomic E-state index is -3.33. The molecule has 0 radical (unpaired) electrons. The third-order valence-electron chi connectivity index (χ3n) is 5.29. The summed E-state index contributed by atoms with van der Waals surface area (Å²) >= 11 is 0. The molecule has 0 heterocycles. The molecule has 4 atom stereocenters. The topological polar surface area (TPSA) is 116 Å². The molecule has 9 heteroatoms. The van der Waals surface area contributed by atoms with Gasteiger partial charge in [0, 0.05) is 6.26 Å². The van der Waals surface area contributed by atoms with Gasteiger partial charge < -0.3 is 20.6 Å². The highest BCUT2D eigenvalue weighted by Gasteiger charge is 2.35. The van der Waals surface area contributed by atoms with E-state index in [0.717, 1.165) is 11.8 Å². The molecular formula is C23H39N3O5S. The second-order valence-corrected chi connectivity index (χ2v) is 12.3. The molecule has 0 aliphatic rings. The van der Waals surface area contributed by atoms with Crippen LogP contribution in [0.1, 0.15) is 39.7 Å². The second-order valence-electron chi connectivity index (χ2n) is 9.85. The van der Waals surface area contributed by atoms with E-state index in [1.165, 1.54) is 0 Å². The fourth-order valence-electron chi connectivity index (χ4n) is 3.27. The van der Waals surface area contributed by atoms with Crippen LogP contribution in [0.4, 0.5) is 0 Å². The Kier molecular flexibility index (Phi) is 10.3. The Morgan fingerprint density at radius 2 is 1.66 bits per heavy atom. The van der Waals surface area contributed by atoms with Crippen molar-refractivity contribution < 1.29 is 23.1 Å². The predicted molar refractivity (Wildman–Crippen MR) is 127 cm³/mol. The number of nitrogens with zero attached hydrogens (tertiary/aromatic N) is 1. The molecular weight excluding hydrogens is 430 g/mol. The monoisotopic (exact) mass is 469 g/mol. The molecule has 0 aliphatic carbocycles. The van der Waals surface area contributed by atoms with Crippen LogP contribution in [0.25, 0.3) is 0 Å². The standard InChI is InChI=1S/C23H39N3O5S/c1-16(32(7,30)31)13-19(27)18(14-17-11-9-8-10-12-17)24-22(29)21(23(2,3)4)25-20(28)15-26(5)6/h8-12,16,18-19,21,27H,13-15H2,1-7H3,(H,24,29)(H,25,28). The second kappa shape index (κ2) is 11.8. The highest BCUT2D eigenvalue weighted by atomic mass is 32.2. The molecule has 0 spiro atoms. The maximum atomic E-state index is 13.2. The van der Waals surface area contributed by atoms with E-state index in [1.54, 1.807) is 25.9 Å². The number of amides is 2. The number of benzene rings is 1. The number of likely N-dealkylation sites (N-methyl/N-ethyl adjacent to an activating group) is 1. The molecule has 4 unspecified atom stereocenters. The summed E-state index contributed by atoms with van der Waals surface area (Å²) in [5, 5.41) is 15.8. The Hall–Kier alpha value is -1.97. The summed E-state index contributed by atoms with van der Waals surface area (Å²) in [7, 11) is 0.196. The highest BCUT2D eigenvalue weighted by molar-refractivity contribution is 7.91. The van der Waals surface area contributed by atoms with Crippen LogP contribution in [0.15, 0.2) is 30.3 Å². The molecule has 32 heavy (non-hydrogen) atoms. The Morgan fingerprint density at radius 3 is 2.12 bits per heavy atom. The minimum Gasteiger partial charge on any atom is -0.391 e. The molecule has 182 valence electrons. The van der Waals surface area contributed by atoms with Gasteiger partial charge in [0.25, 0.3) is 0 Å². The normalized spacial score (nSPS) is 16.2. The fraction of sp³-hybridized carbons (Fsp3) is 0.652. The van der Waals surface area contributed by atoms with Gasteiger partial charge in [0.05, 0.1) is 23.9 Å². The summed E-state index contributed by atoms with van der Waals surface area (Å²) in [5.74, 6) is -0.701. The first-order chi connectivity index (χ1) is 14.6. The number of aliphatic hydroxyl groups is 1. The quantitative estimate of drug-likeness (QED) is 0.445. The summed E-state index contributed by atoms with van der Waals surface area (Å²) in [5.41, 5.74) is 0.321. The van der Waals surface area contributed by atoms with E-state index in [2.05, 4.69) is 10.6 Å². The van der Waals surface area contributed by atoms with Crippen molar-refractivity contribution in [3.05, 3.63) is 35.9 Å². The van der Waals surface area contributed by atoms with Gasteiger partial charge in [-0.15, -0.1) is 0 Å².